The Morgan fingerprint density at radius 1 is 1.41 bits per heavy atom. The number of hydrogen-bond acceptors (Lipinski definition) is 4. The molecule has 1 N–H and O–H groups in total. The molecule has 1 aromatic carbocycles. The van der Waals surface area contributed by atoms with Gasteiger partial charge in [-0.25, -0.2) is 0 Å². The van der Waals surface area contributed by atoms with Gasteiger partial charge in [-0.15, -0.1) is 0 Å². The first kappa shape index (κ1) is 14.1. The van der Waals surface area contributed by atoms with Crippen molar-refractivity contribution in [2.45, 2.75) is 6.92 Å². The largest absolute Gasteiger partial charge is 0.482 e. The monoisotopic (exact) mass is 297 g/mol. The number of carbonyl (C=O) groups excluding carboxylic acids is 2. The third kappa shape index (κ3) is 2.63. The SMILES string of the molecule is CCN1C(=O)COc2ccc(NC(=O)c3cccnc3)cc21. The van der Waals surface area contributed by atoms with Crippen LogP contribution in [0.15, 0.2) is 42.7 Å². The van der Waals surface area contributed by atoms with Crippen molar-refractivity contribution in [1.29, 1.82) is 0 Å². The molecule has 0 radical (unpaired) electrons. The van der Waals surface area contributed by atoms with Gasteiger partial charge in [-0.2, -0.15) is 0 Å². The maximum absolute atomic E-state index is 12.1. The summed E-state index contributed by atoms with van der Waals surface area (Å²) in [5.74, 6) is 0.297. The lowest BCUT2D eigenvalue weighted by Gasteiger charge is -2.28. The minimum absolute atomic E-state index is 0.0439. The van der Waals surface area contributed by atoms with Gasteiger partial charge in [0.1, 0.15) is 5.75 Å². The van der Waals surface area contributed by atoms with Gasteiger partial charge in [-0.1, -0.05) is 0 Å². The predicted molar refractivity (Wildman–Crippen MR) is 82.2 cm³/mol. The second-order valence-electron chi connectivity index (χ2n) is 4.81. The molecule has 0 spiro atoms. The Hall–Kier alpha value is -2.89. The van der Waals surface area contributed by atoms with Gasteiger partial charge < -0.3 is 15.0 Å². The zero-order valence-corrected chi connectivity index (χ0v) is 12.1. The summed E-state index contributed by atoms with van der Waals surface area (Å²) in [7, 11) is 0. The lowest BCUT2D eigenvalue weighted by atomic mass is 10.2. The number of amides is 2. The van der Waals surface area contributed by atoms with E-state index in [4.69, 9.17) is 4.74 Å². The number of pyridine rings is 1. The number of likely N-dealkylation sites (N-methyl/N-ethyl adjacent to an activating group) is 1. The number of fused-ring (bicyclic) bond motifs is 1. The van der Waals surface area contributed by atoms with Crippen molar-refractivity contribution in [3.05, 3.63) is 48.3 Å². The summed E-state index contributed by atoms with van der Waals surface area (Å²) in [5, 5.41) is 2.80. The number of nitrogens with zero attached hydrogens (tertiary/aromatic N) is 2. The Morgan fingerprint density at radius 3 is 3.00 bits per heavy atom. The summed E-state index contributed by atoms with van der Waals surface area (Å²) in [6, 6.07) is 8.63. The van der Waals surface area contributed by atoms with Crippen LogP contribution >= 0.6 is 0 Å². The van der Waals surface area contributed by atoms with Crippen molar-refractivity contribution in [2.75, 3.05) is 23.4 Å². The molecule has 6 heteroatoms. The minimum atomic E-state index is -0.251. The van der Waals surface area contributed by atoms with Crippen LogP contribution in [0.25, 0.3) is 0 Å². The van der Waals surface area contributed by atoms with Crippen LogP contribution in [0.2, 0.25) is 0 Å². The van der Waals surface area contributed by atoms with Crippen molar-refractivity contribution >= 4 is 23.2 Å². The molecule has 1 aliphatic rings. The number of nitrogens with one attached hydrogen (secondary N) is 1. The van der Waals surface area contributed by atoms with Gasteiger partial charge in [0.15, 0.2) is 6.61 Å². The van der Waals surface area contributed by atoms with Crippen molar-refractivity contribution in [2.24, 2.45) is 0 Å². The van der Waals surface area contributed by atoms with E-state index in [1.54, 1.807) is 41.4 Å². The summed E-state index contributed by atoms with van der Waals surface area (Å²) < 4.78 is 5.40. The molecule has 0 fully saturated rings. The van der Waals surface area contributed by atoms with Gasteiger partial charge in [-0.05, 0) is 37.3 Å². The van der Waals surface area contributed by atoms with Crippen LogP contribution in [0.1, 0.15) is 17.3 Å². The van der Waals surface area contributed by atoms with Gasteiger partial charge in [-0.3, -0.25) is 14.6 Å². The summed E-state index contributed by atoms with van der Waals surface area (Å²) in [5.41, 5.74) is 1.74. The Balaban J connectivity index is 1.86. The fourth-order valence-electron chi connectivity index (χ4n) is 2.33. The van der Waals surface area contributed by atoms with Crippen molar-refractivity contribution in [3.63, 3.8) is 0 Å². The van der Waals surface area contributed by atoms with Crippen molar-refractivity contribution in [1.82, 2.24) is 4.98 Å². The van der Waals surface area contributed by atoms with Crippen molar-refractivity contribution in [3.8, 4) is 5.75 Å². The molecule has 0 saturated carbocycles. The minimum Gasteiger partial charge on any atom is -0.482 e. The molecule has 2 aromatic rings. The lowest BCUT2D eigenvalue weighted by molar-refractivity contribution is -0.121. The van der Waals surface area contributed by atoms with Crippen molar-refractivity contribution < 1.29 is 14.3 Å². The number of rotatable bonds is 3. The standard InChI is InChI=1S/C16H15N3O3/c1-2-19-13-8-12(5-6-14(13)22-10-15(19)20)18-16(21)11-4-3-7-17-9-11/h3-9H,2,10H2,1H3,(H,18,21). The molecular weight excluding hydrogens is 282 g/mol. The molecule has 0 atom stereocenters. The topological polar surface area (TPSA) is 71.5 Å². The third-order valence-electron chi connectivity index (χ3n) is 3.40. The Kier molecular flexibility index (Phi) is 3.74. The van der Waals surface area contributed by atoms with Crippen LogP contribution in [-0.4, -0.2) is 29.9 Å². The highest BCUT2D eigenvalue weighted by atomic mass is 16.5. The summed E-state index contributed by atoms with van der Waals surface area (Å²) >= 11 is 0. The first-order valence-corrected chi connectivity index (χ1v) is 6.97. The number of hydrogen-bond donors (Lipinski definition) is 1. The van der Waals surface area contributed by atoms with Gasteiger partial charge >= 0.3 is 0 Å². The first-order chi connectivity index (χ1) is 10.7. The highest BCUT2D eigenvalue weighted by molar-refractivity contribution is 6.05. The normalized spacial score (nSPS) is 13.3. The molecule has 3 rings (SSSR count). The quantitative estimate of drug-likeness (QED) is 0.941. The second kappa shape index (κ2) is 5.85. The van der Waals surface area contributed by atoms with E-state index in [1.807, 2.05) is 6.92 Å². The fourth-order valence-corrected chi connectivity index (χ4v) is 2.33. The maximum Gasteiger partial charge on any atom is 0.265 e. The Labute approximate surface area is 127 Å². The van der Waals surface area contributed by atoms with Gasteiger partial charge in [0.2, 0.25) is 0 Å². The number of ether oxygens (including phenoxy) is 1. The van der Waals surface area contributed by atoms with Crippen LogP contribution in [0.5, 0.6) is 5.75 Å². The highest BCUT2D eigenvalue weighted by Crippen LogP contribution is 2.34. The third-order valence-corrected chi connectivity index (χ3v) is 3.40. The average molecular weight is 297 g/mol. The van der Waals surface area contributed by atoms with Gasteiger partial charge in [0.05, 0.1) is 11.3 Å². The highest BCUT2D eigenvalue weighted by Gasteiger charge is 2.24. The molecule has 6 nitrogen and oxygen atoms in total. The predicted octanol–water partition coefficient (Wildman–Crippen LogP) is 2.08. The van der Waals surface area contributed by atoms with Crippen LogP contribution in [-0.2, 0) is 4.79 Å². The molecule has 112 valence electrons. The average Bonchev–Trinajstić information content (AvgIpc) is 2.55. The van der Waals surface area contributed by atoms with Crippen LogP contribution in [0.4, 0.5) is 11.4 Å². The summed E-state index contributed by atoms with van der Waals surface area (Å²) in [4.78, 5) is 29.5. The number of benzene rings is 1. The molecule has 1 aromatic heterocycles. The smallest absolute Gasteiger partial charge is 0.265 e. The number of anilines is 2. The van der Waals surface area contributed by atoms with E-state index in [0.717, 1.165) is 0 Å². The van der Waals surface area contributed by atoms with E-state index >= 15 is 0 Å². The first-order valence-electron chi connectivity index (χ1n) is 6.97. The molecule has 0 saturated heterocycles. The van der Waals surface area contributed by atoms with Crippen LogP contribution in [0, 0.1) is 0 Å². The molecular formula is C16H15N3O3. The summed E-state index contributed by atoms with van der Waals surface area (Å²) in [6.45, 7) is 2.49. The molecule has 2 amide bonds. The maximum atomic E-state index is 12.1. The van der Waals surface area contributed by atoms with Gasteiger partial charge in [0.25, 0.3) is 11.8 Å². The van der Waals surface area contributed by atoms with E-state index in [-0.39, 0.29) is 18.4 Å². The fraction of sp³-hybridized carbons (Fsp3) is 0.188. The number of aromatic nitrogens is 1. The molecule has 0 aliphatic carbocycles. The molecule has 1 aliphatic heterocycles. The molecule has 2 heterocycles. The van der Waals surface area contributed by atoms with E-state index < -0.39 is 0 Å². The molecule has 0 unspecified atom stereocenters. The zero-order valence-electron chi connectivity index (χ0n) is 12.1. The van der Waals surface area contributed by atoms with Crippen LogP contribution < -0.4 is 15.0 Å². The van der Waals surface area contributed by atoms with E-state index in [9.17, 15) is 9.59 Å². The van der Waals surface area contributed by atoms with E-state index in [2.05, 4.69) is 10.3 Å². The number of carbonyl (C=O) groups is 2. The lowest BCUT2D eigenvalue weighted by Crippen LogP contribution is -2.38. The van der Waals surface area contributed by atoms with E-state index in [1.165, 1.54) is 6.20 Å². The van der Waals surface area contributed by atoms with Crippen LogP contribution in [0.3, 0.4) is 0 Å². The zero-order chi connectivity index (χ0) is 15.5. The Bertz CT molecular complexity index is 716. The van der Waals surface area contributed by atoms with E-state index in [0.29, 0.717) is 29.2 Å². The Morgan fingerprint density at radius 2 is 2.27 bits per heavy atom. The van der Waals surface area contributed by atoms with Gasteiger partial charge in [0, 0.05) is 24.6 Å². The molecule has 0 bridgehead atoms. The summed E-state index contributed by atoms with van der Waals surface area (Å²) in [6.07, 6.45) is 3.11. The second-order valence-corrected chi connectivity index (χ2v) is 4.81. The molecule has 22 heavy (non-hydrogen) atoms.